The van der Waals surface area contributed by atoms with Crippen LogP contribution in [0.1, 0.15) is 32.8 Å². The van der Waals surface area contributed by atoms with Crippen LogP contribution in [0.25, 0.3) is 0 Å². The number of hydrogen-bond donors (Lipinski definition) is 2. The minimum atomic E-state index is -0.411. The van der Waals surface area contributed by atoms with Crippen molar-refractivity contribution in [3.05, 3.63) is 17.7 Å². The van der Waals surface area contributed by atoms with Gasteiger partial charge in [-0.3, -0.25) is 4.79 Å². The Hall–Kier alpha value is -1.66. The molecule has 0 saturated heterocycles. The summed E-state index contributed by atoms with van der Waals surface area (Å²) >= 11 is 0. The number of rotatable bonds is 9. The van der Waals surface area contributed by atoms with Gasteiger partial charge in [0.05, 0.1) is 27.8 Å². The number of amides is 1. The van der Waals surface area contributed by atoms with Crippen LogP contribution in [-0.2, 0) is 11.2 Å². The van der Waals surface area contributed by atoms with Gasteiger partial charge in [0, 0.05) is 12.1 Å². The van der Waals surface area contributed by atoms with E-state index in [1.54, 1.807) is 33.5 Å². The van der Waals surface area contributed by atoms with E-state index < -0.39 is 5.54 Å². The van der Waals surface area contributed by atoms with Crippen molar-refractivity contribution in [2.45, 2.75) is 39.2 Å². The molecule has 0 spiro atoms. The number of benzene rings is 1. The van der Waals surface area contributed by atoms with Crippen molar-refractivity contribution in [2.24, 2.45) is 11.7 Å². The Labute approximate surface area is 156 Å². The van der Waals surface area contributed by atoms with Crippen LogP contribution >= 0.6 is 12.4 Å². The molecule has 0 aromatic heterocycles. The highest BCUT2D eigenvalue weighted by Gasteiger charge is 2.26. The monoisotopic (exact) mass is 374 g/mol. The van der Waals surface area contributed by atoms with Crippen molar-refractivity contribution in [3.8, 4) is 17.2 Å². The van der Waals surface area contributed by atoms with Gasteiger partial charge in [0.15, 0.2) is 11.5 Å². The Morgan fingerprint density at radius 3 is 2.04 bits per heavy atom. The first kappa shape index (κ1) is 23.3. The first-order valence-corrected chi connectivity index (χ1v) is 8.08. The van der Waals surface area contributed by atoms with E-state index in [-0.39, 0.29) is 24.7 Å². The first-order valence-electron chi connectivity index (χ1n) is 8.08. The van der Waals surface area contributed by atoms with Gasteiger partial charge >= 0.3 is 0 Å². The summed E-state index contributed by atoms with van der Waals surface area (Å²) in [6.07, 6.45) is 1.04. The van der Waals surface area contributed by atoms with Crippen LogP contribution in [0.4, 0.5) is 0 Å². The average molecular weight is 375 g/mol. The highest BCUT2D eigenvalue weighted by Crippen LogP contribution is 2.38. The number of ether oxygens (including phenoxy) is 3. The van der Waals surface area contributed by atoms with Gasteiger partial charge in [-0.2, -0.15) is 0 Å². The Morgan fingerprint density at radius 1 is 1.16 bits per heavy atom. The van der Waals surface area contributed by atoms with Crippen molar-refractivity contribution in [1.82, 2.24) is 5.32 Å². The molecule has 1 aromatic carbocycles. The number of hydrogen-bond acceptors (Lipinski definition) is 5. The molecule has 1 atom stereocenters. The summed E-state index contributed by atoms with van der Waals surface area (Å²) in [4.78, 5) is 12.4. The molecule has 6 nitrogen and oxygen atoms in total. The first-order chi connectivity index (χ1) is 11.3. The lowest BCUT2D eigenvalue weighted by atomic mass is 9.90. The van der Waals surface area contributed by atoms with E-state index in [1.807, 2.05) is 6.92 Å². The van der Waals surface area contributed by atoms with Gasteiger partial charge in [0.1, 0.15) is 0 Å². The van der Waals surface area contributed by atoms with Crippen molar-refractivity contribution < 1.29 is 19.0 Å². The van der Waals surface area contributed by atoms with Gasteiger partial charge < -0.3 is 25.3 Å². The van der Waals surface area contributed by atoms with Crippen molar-refractivity contribution in [3.63, 3.8) is 0 Å². The van der Waals surface area contributed by atoms with Crippen molar-refractivity contribution in [2.75, 3.05) is 27.9 Å². The lowest BCUT2D eigenvalue weighted by Gasteiger charge is -2.31. The minimum absolute atomic E-state index is 0. The second-order valence-electron chi connectivity index (χ2n) is 6.62. The number of nitrogens with two attached hydrogens (primary N) is 1. The van der Waals surface area contributed by atoms with E-state index in [0.717, 1.165) is 12.0 Å². The van der Waals surface area contributed by atoms with E-state index in [2.05, 4.69) is 19.2 Å². The molecule has 1 aromatic rings. The Bertz CT molecular complexity index is 541. The van der Waals surface area contributed by atoms with Crippen LogP contribution in [0.3, 0.4) is 0 Å². The molecule has 1 unspecified atom stereocenters. The molecule has 0 bridgehead atoms. The molecule has 7 heteroatoms. The standard InChI is InChI=1S/C18H30N2O4.ClH/c1-12(2)10-18(3,11-19)20-16(21)9-13-7-14(22-4)17(24-6)15(8-13)23-5;/h7-8,12H,9-11,19H2,1-6H3,(H,20,21);1H. The summed E-state index contributed by atoms with van der Waals surface area (Å²) in [6.45, 7) is 6.59. The lowest BCUT2D eigenvalue weighted by molar-refractivity contribution is -0.122. The van der Waals surface area contributed by atoms with Crippen LogP contribution in [0.15, 0.2) is 12.1 Å². The lowest BCUT2D eigenvalue weighted by Crippen LogP contribution is -2.52. The molecule has 1 rings (SSSR count). The SMILES string of the molecule is COc1cc(CC(=O)NC(C)(CN)CC(C)C)cc(OC)c1OC.Cl. The molecule has 144 valence electrons. The third-order valence-corrected chi connectivity index (χ3v) is 3.84. The smallest absolute Gasteiger partial charge is 0.224 e. The third-order valence-electron chi connectivity index (χ3n) is 3.84. The van der Waals surface area contributed by atoms with E-state index in [9.17, 15) is 4.79 Å². The molecular weight excluding hydrogens is 344 g/mol. The minimum Gasteiger partial charge on any atom is -0.493 e. The molecule has 1 amide bonds. The van der Waals surface area contributed by atoms with Gasteiger partial charge in [-0.15, -0.1) is 12.4 Å². The van der Waals surface area contributed by atoms with E-state index in [4.69, 9.17) is 19.9 Å². The topological polar surface area (TPSA) is 82.8 Å². The highest BCUT2D eigenvalue weighted by atomic mass is 35.5. The molecule has 0 saturated carbocycles. The molecule has 0 heterocycles. The summed E-state index contributed by atoms with van der Waals surface area (Å²) in [5, 5.41) is 3.05. The largest absolute Gasteiger partial charge is 0.493 e. The number of halogens is 1. The fourth-order valence-corrected chi connectivity index (χ4v) is 2.89. The predicted octanol–water partition coefficient (Wildman–Crippen LogP) is 2.56. The van der Waals surface area contributed by atoms with Gasteiger partial charge in [-0.05, 0) is 37.0 Å². The van der Waals surface area contributed by atoms with Gasteiger partial charge in [0.25, 0.3) is 0 Å². The molecule has 0 fully saturated rings. The fourth-order valence-electron chi connectivity index (χ4n) is 2.89. The zero-order valence-electron chi connectivity index (χ0n) is 16.0. The Morgan fingerprint density at radius 2 is 1.68 bits per heavy atom. The number of methoxy groups -OCH3 is 3. The van der Waals surface area contributed by atoms with E-state index >= 15 is 0 Å². The predicted molar refractivity (Wildman–Crippen MR) is 102 cm³/mol. The quantitative estimate of drug-likeness (QED) is 0.694. The van der Waals surface area contributed by atoms with Gasteiger partial charge in [-0.1, -0.05) is 13.8 Å². The zero-order valence-corrected chi connectivity index (χ0v) is 16.8. The number of carbonyl (C=O) groups excluding carboxylic acids is 1. The van der Waals surface area contributed by atoms with Crippen LogP contribution in [0.5, 0.6) is 17.2 Å². The molecular formula is C18H31ClN2O4. The maximum Gasteiger partial charge on any atom is 0.224 e. The summed E-state index contributed by atoms with van der Waals surface area (Å²) in [6, 6.07) is 3.56. The Kier molecular flexibility index (Phi) is 9.67. The molecule has 0 aliphatic heterocycles. The van der Waals surface area contributed by atoms with Crippen LogP contribution < -0.4 is 25.3 Å². The maximum atomic E-state index is 12.4. The van der Waals surface area contributed by atoms with Crippen molar-refractivity contribution >= 4 is 18.3 Å². The summed E-state index contributed by atoms with van der Waals surface area (Å²) in [7, 11) is 4.65. The summed E-state index contributed by atoms with van der Waals surface area (Å²) < 4.78 is 15.9. The van der Waals surface area contributed by atoms with E-state index in [1.165, 1.54) is 0 Å². The molecule has 0 radical (unpaired) electrons. The van der Waals surface area contributed by atoms with Crippen LogP contribution in [-0.4, -0.2) is 39.3 Å². The second-order valence-corrected chi connectivity index (χ2v) is 6.62. The number of nitrogens with one attached hydrogen (secondary N) is 1. The molecule has 25 heavy (non-hydrogen) atoms. The highest BCUT2D eigenvalue weighted by molar-refractivity contribution is 5.85. The molecule has 0 aliphatic rings. The van der Waals surface area contributed by atoms with Crippen molar-refractivity contribution in [1.29, 1.82) is 0 Å². The third kappa shape index (κ3) is 6.63. The van der Waals surface area contributed by atoms with Gasteiger partial charge in [-0.25, -0.2) is 0 Å². The second kappa shape index (κ2) is 10.4. The van der Waals surface area contributed by atoms with Crippen LogP contribution in [0, 0.1) is 5.92 Å². The Balaban J connectivity index is 0.00000576. The van der Waals surface area contributed by atoms with E-state index in [0.29, 0.717) is 29.7 Å². The molecule has 3 N–H and O–H groups in total. The fraction of sp³-hybridized carbons (Fsp3) is 0.611. The average Bonchev–Trinajstić information content (AvgIpc) is 2.52. The van der Waals surface area contributed by atoms with Gasteiger partial charge in [0.2, 0.25) is 11.7 Å². The van der Waals surface area contributed by atoms with Crippen LogP contribution in [0.2, 0.25) is 0 Å². The molecule has 0 aliphatic carbocycles. The number of carbonyl (C=O) groups is 1. The maximum absolute atomic E-state index is 12.4. The summed E-state index contributed by atoms with van der Waals surface area (Å²) in [5.41, 5.74) is 6.23. The normalized spacial score (nSPS) is 12.8. The zero-order chi connectivity index (χ0) is 18.3. The summed E-state index contributed by atoms with van der Waals surface area (Å²) in [5.74, 6) is 1.93.